The van der Waals surface area contributed by atoms with E-state index in [4.69, 9.17) is 21.0 Å². The minimum absolute atomic E-state index is 0.238. The fourth-order valence-electron chi connectivity index (χ4n) is 1.07. The van der Waals surface area contributed by atoms with E-state index in [0.29, 0.717) is 11.3 Å². The highest BCUT2D eigenvalue weighted by Crippen LogP contribution is 2.06. The van der Waals surface area contributed by atoms with E-state index < -0.39 is 7.12 Å². The highest BCUT2D eigenvalue weighted by Gasteiger charge is 2.15. The predicted octanol–water partition coefficient (Wildman–Crippen LogP) is -1.86. The molecule has 0 amide bonds. The van der Waals surface area contributed by atoms with Crippen LogP contribution in [0.25, 0.3) is 0 Å². The van der Waals surface area contributed by atoms with E-state index in [0.717, 1.165) is 0 Å². The lowest BCUT2D eigenvalue weighted by Crippen LogP contribution is -2.33. The van der Waals surface area contributed by atoms with E-state index in [9.17, 15) is 0 Å². The first kappa shape index (κ1) is 10.0. The molecule has 0 saturated heterocycles. The Morgan fingerprint density at radius 1 is 1.38 bits per heavy atom. The molecular formula is C7H11BN2O3. The van der Waals surface area contributed by atoms with Crippen molar-refractivity contribution >= 4 is 18.3 Å². The maximum absolute atomic E-state index is 8.93. The van der Waals surface area contributed by atoms with Crippen molar-refractivity contribution < 1.29 is 15.2 Å². The van der Waals surface area contributed by atoms with Gasteiger partial charge in [-0.2, -0.15) is 0 Å². The third-order valence-electron chi connectivity index (χ3n) is 1.76. The molecule has 1 aromatic carbocycles. The topological polar surface area (TPSA) is 98.7 Å². The van der Waals surface area contributed by atoms with Gasteiger partial charge in [-0.25, -0.2) is 0 Å². The molecule has 1 aromatic rings. The van der Waals surface area contributed by atoms with Gasteiger partial charge in [0.1, 0.15) is 0 Å². The largest absolute Gasteiger partial charge is 0.488 e. The second-order valence-corrected chi connectivity index (χ2v) is 2.59. The number of rotatable bonds is 3. The fourth-order valence-corrected chi connectivity index (χ4v) is 1.07. The van der Waals surface area contributed by atoms with Crippen LogP contribution < -0.4 is 16.7 Å². The van der Waals surface area contributed by atoms with Crippen molar-refractivity contribution in [3.8, 4) is 0 Å². The van der Waals surface area contributed by atoms with Crippen molar-refractivity contribution in [3.63, 3.8) is 0 Å². The van der Waals surface area contributed by atoms with Crippen molar-refractivity contribution in [1.82, 2.24) is 0 Å². The molecular weight excluding hydrogens is 171 g/mol. The monoisotopic (exact) mass is 182 g/mol. The Bertz CT molecular complexity index is 293. The van der Waals surface area contributed by atoms with Gasteiger partial charge in [0.05, 0.1) is 6.61 Å². The lowest BCUT2D eigenvalue weighted by Gasteiger charge is -2.08. The molecule has 0 unspecified atom stereocenters. The van der Waals surface area contributed by atoms with Crippen LogP contribution in [-0.2, 0) is 6.61 Å². The van der Waals surface area contributed by atoms with Gasteiger partial charge in [-0.1, -0.05) is 6.07 Å². The second kappa shape index (κ2) is 4.24. The number of aliphatic hydroxyl groups excluding tert-OH is 1. The molecule has 0 bridgehead atoms. The zero-order valence-corrected chi connectivity index (χ0v) is 6.94. The van der Waals surface area contributed by atoms with Gasteiger partial charge in [-0.15, -0.1) is 0 Å². The van der Waals surface area contributed by atoms with Crippen LogP contribution in [0.15, 0.2) is 18.2 Å². The molecule has 70 valence electrons. The molecule has 0 aromatic heterocycles. The van der Waals surface area contributed by atoms with Gasteiger partial charge < -0.3 is 20.6 Å². The molecule has 0 heterocycles. The number of nitrogens with one attached hydrogen (secondary N) is 1. The van der Waals surface area contributed by atoms with Crippen LogP contribution in [-0.4, -0.2) is 22.3 Å². The number of anilines is 1. The van der Waals surface area contributed by atoms with Crippen LogP contribution in [0, 0.1) is 0 Å². The Balaban J connectivity index is 3.10. The Hall–Kier alpha value is -1.08. The van der Waals surface area contributed by atoms with Crippen molar-refractivity contribution in [2.75, 3.05) is 5.43 Å². The van der Waals surface area contributed by atoms with Crippen LogP contribution in [0.1, 0.15) is 5.56 Å². The average molecular weight is 182 g/mol. The molecule has 0 aliphatic carbocycles. The first-order chi connectivity index (χ1) is 6.19. The van der Waals surface area contributed by atoms with E-state index >= 15 is 0 Å². The first-order valence-electron chi connectivity index (χ1n) is 3.75. The molecule has 6 heteroatoms. The Labute approximate surface area is 75.9 Å². The smallest absolute Gasteiger partial charge is 0.423 e. The molecule has 13 heavy (non-hydrogen) atoms. The standard InChI is InChI=1S/C7H11BN2O3/c9-10-6-2-1-5(4-11)7(3-6)8(12)13/h1-3,10-13H,4,9H2. The maximum Gasteiger partial charge on any atom is 0.488 e. The van der Waals surface area contributed by atoms with Gasteiger partial charge in [0, 0.05) is 5.69 Å². The van der Waals surface area contributed by atoms with Crippen LogP contribution in [0.5, 0.6) is 0 Å². The molecule has 0 radical (unpaired) electrons. The molecule has 0 spiro atoms. The van der Waals surface area contributed by atoms with Gasteiger partial charge in [-0.05, 0) is 23.2 Å². The molecule has 0 aliphatic rings. The highest BCUT2D eigenvalue weighted by molar-refractivity contribution is 6.59. The van der Waals surface area contributed by atoms with Crippen molar-refractivity contribution in [2.45, 2.75) is 6.61 Å². The molecule has 1 rings (SSSR count). The number of aliphatic hydroxyl groups is 1. The SMILES string of the molecule is NNc1ccc(CO)c(B(O)O)c1. The van der Waals surface area contributed by atoms with Gasteiger partial charge >= 0.3 is 7.12 Å². The number of hydrazine groups is 1. The lowest BCUT2D eigenvalue weighted by atomic mass is 9.77. The summed E-state index contributed by atoms with van der Waals surface area (Å²) < 4.78 is 0. The number of hydrogen-bond donors (Lipinski definition) is 5. The van der Waals surface area contributed by atoms with Crippen LogP contribution in [0.4, 0.5) is 5.69 Å². The molecule has 5 nitrogen and oxygen atoms in total. The third-order valence-corrected chi connectivity index (χ3v) is 1.76. The Kier molecular flexibility index (Phi) is 3.27. The summed E-state index contributed by atoms with van der Waals surface area (Å²) in [7, 11) is -1.60. The van der Waals surface area contributed by atoms with E-state index in [1.165, 1.54) is 6.07 Å². The Morgan fingerprint density at radius 3 is 2.54 bits per heavy atom. The summed E-state index contributed by atoms with van der Waals surface area (Å²) in [5, 5.41) is 26.7. The van der Waals surface area contributed by atoms with E-state index in [1.807, 2.05) is 0 Å². The number of nitrogen functional groups attached to an aromatic ring is 1. The predicted molar refractivity (Wildman–Crippen MR) is 50.0 cm³/mol. The normalized spacial score (nSPS) is 9.85. The zero-order chi connectivity index (χ0) is 9.84. The van der Waals surface area contributed by atoms with E-state index in [2.05, 4.69) is 5.43 Å². The molecule has 0 fully saturated rings. The summed E-state index contributed by atoms with van der Waals surface area (Å²) in [6, 6.07) is 4.68. The summed E-state index contributed by atoms with van der Waals surface area (Å²) in [5.41, 5.74) is 3.64. The summed E-state index contributed by atoms with van der Waals surface area (Å²) in [5.74, 6) is 5.13. The first-order valence-corrected chi connectivity index (χ1v) is 3.75. The minimum Gasteiger partial charge on any atom is -0.423 e. The highest BCUT2D eigenvalue weighted by atomic mass is 16.4. The molecule has 0 atom stereocenters. The summed E-state index contributed by atoms with van der Waals surface area (Å²) in [4.78, 5) is 0. The van der Waals surface area contributed by atoms with Gasteiger partial charge in [0.15, 0.2) is 0 Å². The quantitative estimate of drug-likeness (QED) is 0.214. The van der Waals surface area contributed by atoms with Crippen molar-refractivity contribution in [1.29, 1.82) is 0 Å². The fraction of sp³-hybridized carbons (Fsp3) is 0.143. The van der Waals surface area contributed by atoms with Crippen molar-refractivity contribution in [2.24, 2.45) is 5.84 Å². The zero-order valence-electron chi connectivity index (χ0n) is 6.94. The van der Waals surface area contributed by atoms with Crippen LogP contribution in [0.3, 0.4) is 0 Å². The van der Waals surface area contributed by atoms with Crippen LogP contribution in [0.2, 0.25) is 0 Å². The van der Waals surface area contributed by atoms with E-state index in [1.54, 1.807) is 12.1 Å². The average Bonchev–Trinajstić information content (AvgIpc) is 2.16. The Morgan fingerprint density at radius 2 is 2.08 bits per heavy atom. The summed E-state index contributed by atoms with van der Waals surface area (Å²) >= 11 is 0. The molecule has 0 aliphatic heterocycles. The van der Waals surface area contributed by atoms with Gasteiger partial charge in [-0.3, -0.25) is 5.84 Å². The number of benzene rings is 1. The van der Waals surface area contributed by atoms with Crippen molar-refractivity contribution in [3.05, 3.63) is 23.8 Å². The van der Waals surface area contributed by atoms with E-state index in [-0.39, 0.29) is 12.1 Å². The maximum atomic E-state index is 8.93. The number of nitrogens with two attached hydrogens (primary N) is 1. The summed E-state index contributed by atoms with van der Waals surface area (Å²) in [6.45, 7) is -0.238. The molecule has 6 N–H and O–H groups in total. The lowest BCUT2D eigenvalue weighted by molar-refractivity contribution is 0.282. The molecule has 0 saturated carbocycles. The third kappa shape index (κ3) is 2.19. The van der Waals surface area contributed by atoms with Gasteiger partial charge in [0.2, 0.25) is 0 Å². The second-order valence-electron chi connectivity index (χ2n) is 2.59. The summed E-state index contributed by atoms with van der Waals surface area (Å²) in [6.07, 6.45) is 0. The van der Waals surface area contributed by atoms with Crippen LogP contribution >= 0.6 is 0 Å². The number of hydrogen-bond acceptors (Lipinski definition) is 5. The van der Waals surface area contributed by atoms with Gasteiger partial charge in [0.25, 0.3) is 0 Å². The minimum atomic E-state index is -1.60.